The summed E-state index contributed by atoms with van der Waals surface area (Å²) in [4.78, 5) is 11.8. The standard InChI is InChI=1S/C13H10O.Al.3H/c14-13(11-7-3-1-4-8-11)12-9-5-2-6-10-12;;;;/h1-10H;;;;. The molecule has 0 amide bonds. The highest BCUT2D eigenvalue weighted by atomic mass is 27.0. The molecule has 1 nitrogen and oxygen atoms in total. The monoisotopic (exact) mass is 212 g/mol. The molecule has 0 bridgehead atoms. The Morgan fingerprint density at radius 3 is 1.33 bits per heavy atom. The summed E-state index contributed by atoms with van der Waals surface area (Å²) in [5.41, 5.74) is 1.47. The number of hydrogen-bond donors (Lipinski definition) is 0. The van der Waals surface area contributed by atoms with E-state index in [1.807, 2.05) is 60.7 Å². The Morgan fingerprint density at radius 1 is 0.667 bits per heavy atom. The van der Waals surface area contributed by atoms with Crippen molar-refractivity contribution in [2.24, 2.45) is 0 Å². The SMILES string of the molecule is O=C(c1ccccc1)c1ccccc1.[AlH3]. The smallest absolute Gasteiger partial charge is 0.193 e. The van der Waals surface area contributed by atoms with Crippen LogP contribution in [0.3, 0.4) is 0 Å². The lowest BCUT2D eigenvalue weighted by Gasteiger charge is -1.99. The average molecular weight is 212 g/mol. The van der Waals surface area contributed by atoms with E-state index in [1.165, 1.54) is 0 Å². The van der Waals surface area contributed by atoms with Crippen molar-refractivity contribution in [3.63, 3.8) is 0 Å². The van der Waals surface area contributed by atoms with Gasteiger partial charge in [0.15, 0.2) is 23.1 Å². The van der Waals surface area contributed by atoms with E-state index in [1.54, 1.807) is 0 Å². The second-order valence-corrected chi connectivity index (χ2v) is 3.06. The molecule has 0 aliphatic rings. The van der Waals surface area contributed by atoms with Crippen LogP contribution in [0.25, 0.3) is 0 Å². The predicted molar refractivity (Wildman–Crippen MR) is 66.3 cm³/mol. The van der Waals surface area contributed by atoms with Gasteiger partial charge in [-0.1, -0.05) is 60.7 Å². The molecular formula is C13H13AlO. The fourth-order valence-electron chi connectivity index (χ4n) is 1.35. The lowest BCUT2D eigenvalue weighted by atomic mass is 10.0. The average Bonchev–Trinajstić information content (AvgIpc) is 2.30. The van der Waals surface area contributed by atoms with Crippen molar-refractivity contribution in [1.29, 1.82) is 0 Å². The van der Waals surface area contributed by atoms with Gasteiger partial charge in [0.05, 0.1) is 0 Å². The minimum absolute atomic E-state index is 0. The largest absolute Gasteiger partial charge is 0.289 e. The van der Waals surface area contributed by atoms with Crippen LogP contribution in [0.2, 0.25) is 0 Å². The van der Waals surface area contributed by atoms with Gasteiger partial charge in [0.25, 0.3) is 0 Å². The maximum Gasteiger partial charge on any atom is 0.193 e. The second kappa shape index (κ2) is 5.51. The molecule has 0 spiro atoms. The maximum atomic E-state index is 11.8. The third kappa shape index (κ3) is 2.79. The number of carbonyl (C=O) groups is 1. The first-order valence-electron chi connectivity index (χ1n) is 4.53. The predicted octanol–water partition coefficient (Wildman–Crippen LogP) is 1.73. The summed E-state index contributed by atoms with van der Waals surface area (Å²) in [7, 11) is 0. The molecule has 2 rings (SSSR count). The van der Waals surface area contributed by atoms with Gasteiger partial charge in [-0.2, -0.15) is 0 Å². The maximum absolute atomic E-state index is 11.8. The molecule has 0 aliphatic carbocycles. The number of hydrogen-bond acceptors (Lipinski definition) is 1. The van der Waals surface area contributed by atoms with E-state index in [0.717, 1.165) is 11.1 Å². The Bertz CT molecular complexity index is 381. The summed E-state index contributed by atoms with van der Waals surface area (Å²) in [6.45, 7) is 0. The Kier molecular flexibility index (Phi) is 4.30. The summed E-state index contributed by atoms with van der Waals surface area (Å²) < 4.78 is 0. The van der Waals surface area contributed by atoms with Crippen molar-refractivity contribution in [3.8, 4) is 0 Å². The van der Waals surface area contributed by atoms with Crippen LogP contribution in [0.15, 0.2) is 60.7 Å². The van der Waals surface area contributed by atoms with Gasteiger partial charge in [0, 0.05) is 11.1 Å². The van der Waals surface area contributed by atoms with Gasteiger partial charge in [0.1, 0.15) is 0 Å². The van der Waals surface area contributed by atoms with Crippen LogP contribution in [0, 0.1) is 0 Å². The van der Waals surface area contributed by atoms with Crippen LogP contribution in [0.4, 0.5) is 0 Å². The van der Waals surface area contributed by atoms with Crippen LogP contribution in [-0.4, -0.2) is 23.1 Å². The topological polar surface area (TPSA) is 17.1 Å². The number of benzene rings is 2. The first-order valence-corrected chi connectivity index (χ1v) is 4.53. The summed E-state index contributed by atoms with van der Waals surface area (Å²) in [6, 6.07) is 18.6. The summed E-state index contributed by atoms with van der Waals surface area (Å²) in [5, 5.41) is 0. The zero-order chi connectivity index (χ0) is 9.80. The van der Waals surface area contributed by atoms with Gasteiger partial charge in [-0.3, -0.25) is 4.79 Å². The molecule has 0 aromatic heterocycles. The highest BCUT2D eigenvalue weighted by molar-refractivity contribution is 6.08. The van der Waals surface area contributed by atoms with Crippen molar-refractivity contribution in [2.75, 3.05) is 0 Å². The Morgan fingerprint density at radius 2 is 1.00 bits per heavy atom. The highest BCUT2D eigenvalue weighted by Crippen LogP contribution is 2.08. The molecule has 2 aromatic carbocycles. The van der Waals surface area contributed by atoms with Crippen LogP contribution in [0.1, 0.15) is 15.9 Å². The van der Waals surface area contributed by atoms with E-state index < -0.39 is 0 Å². The molecule has 0 aliphatic heterocycles. The second-order valence-electron chi connectivity index (χ2n) is 3.06. The quantitative estimate of drug-likeness (QED) is 0.547. The lowest BCUT2D eigenvalue weighted by molar-refractivity contribution is 0.103. The molecule has 0 saturated heterocycles. The van der Waals surface area contributed by atoms with Crippen LogP contribution < -0.4 is 0 Å². The minimum Gasteiger partial charge on any atom is -0.289 e. The minimum atomic E-state index is 0. The normalized spacial score (nSPS) is 9.07. The van der Waals surface area contributed by atoms with Gasteiger partial charge in [-0.25, -0.2) is 0 Å². The summed E-state index contributed by atoms with van der Waals surface area (Å²) in [6.07, 6.45) is 0. The molecule has 0 fully saturated rings. The molecule has 0 atom stereocenters. The van der Waals surface area contributed by atoms with Crippen molar-refractivity contribution in [2.45, 2.75) is 0 Å². The fraction of sp³-hybridized carbons (Fsp3) is 0. The zero-order valence-electron chi connectivity index (χ0n) is 7.68. The van der Waals surface area contributed by atoms with Gasteiger partial charge in [-0.05, 0) is 0 Å². The van der Waals surface area contributed by atoms with Crippen molar-refractivity contribution in [1.82, 2.24) is 0 Å². The Hall–Kier alpha value is -1.36. The number of carbonyl (C=O) groups excluding carboxylic acids is 1. The molecule has 15 heavy (non-hydrogen) atoms. The van der Waals surface area contributed by atoms with E-state index >= 15 is 0 Å². The van der Waals surface area contributed by atoms with Crippen LogP contribution >= 0.6 is 0 Å². The van der Waals surface area contributed by atoms with Gasteiger partial charge >= 0.3 is 0 Å². The van der Waals surface area contributed by atoms with Crippen LogP contribution in [-0.2, 0) is 0 Å². The molecule has 2 aromatic rings. The summed E-state index contributed by atoms with van der Waals surface area (Å²) in [5.74, 6) is 0.0752. The number of rotatable bonds is 2. The molecule has 0 N–H and O–H groups in total. The zero-order valence-corrected chi connectivity index (χ0v) is 7.68. The van der Waals surface area contributed by atoms with E-state index in [4.69, 9.17) is 0 Å². The summed E-state index contributed by atoms with van der Waals surface area (Å²) >= 11 is 0. The molecule has 0 saturated carbocycles. The van der Waals surface area contributed by atoms with Crippen molar-refractivity contribution in [3.05, 3.63) is 71.8 Å². The Labute approximate surface area is 99.9 Å². The molecule has 2 heteroatoms. The third-order valence-electron chi connectivity index (χ3n) is 2.07. The van der Waals surface area contributed by atoms with E-state index in [2.05, 4.69) is 0 Å². The molecule has 0 radical (unpaired) electrons. The lowest BCUT2D eigenvalue weighted by Crippen LogP contribution is -1.99. The van der Waals surface area contributed by atoms with Gasteiger partial charge < -0.3 is 0 Å². The number of ketones is 1. The van der Waals surface area contributed by atoms with E-state index in [-0.39, 0.29) is 23.1 Å². The van der Waals surface area contributed by atoms with Crippen molar-refractivity contribution >= 4 is 23.1 Å². The molecular weight excluding hydrogens is 199 g/mol. The molecule has 0 heterocycles. The van der Waals surface area contributed by atoms with E-state index in [0.29, 0.717) is 0 Å². The van der Waals surface area contributed by atoms with Gasteiger partial charge in [0.2, 0.25) is 0 Å². The van der Waals surface area contributed by atoms with Crippen molar-refractivity contribution < 1.29 is 4.79 Å². The molecule has 0 unspecified atom stereocenters. The first-order chi connectivity index (χ1) is 6.88. The third-order valence-corrected chi connectivity index (χ3v) is 2.07. The van der Waals surface area contributed by atoms with Crippen LogP contribution in [0.5, 0.6) is 0 Å². The fourth-order valence-corrected chi connectivity index (χ4v) is 1.35. The highest BCUT2D eigenvalue weighted by Gasteiger charge is 2.06. The molecule has 74 valence electrons. The Balaban J connectivity index is 0.00000112. The van der Waals surface area contributed by atoms with E-state index in [9.17, 15) is 4.79 Å². The van der Waals surface area contributed by atoms with Gasteiger partial charge in [-0.15, -0.1) is 0 Å². The first kappa shape index (κ1) is 11.7.